The predicted octanol–water partition coefficient (Wildman–Crippen LogP) is 19.0. The fraction of sp³-hybridized carbons (Fsp3) is 0. The van der Waals surface area contributed by atoms with Crippen LogP contribution in [-0.2, 0) is 0 Å². The molecule has 0 atom stereocenters. The molecule has 0 spiro atoms. The molecule has 0 unspecified atom stereocenters. The summed E-state index contributed by atoms with van der Waals surface area (Å²) in [5.41, 5.74) is 11.1. The average Bonchev–Trinajstić information content (AvgIpc) is 3.41. The van der Waals surface area contributed by atoms with Crippen LogP contribution in [0.15, 0.2) is 255 Å². The van der Waals surface area contributed by atoms with E-state index in [1.807, 2.05) is 0 Å². The summed E-state index contributed by atoms with van der Waals surface area (Å²) in [5, 5.41) is 14.2. The van der Waals surface area contributed by atoms with Crippen LogP contribution in [0, 0.1) is 0 Å². The highest BCUT2D eigenvalue weighted by atomic mass is 16.5. The molecule has 69 heavy (non-hydrogen) atoms. The van der Waals surface area contributed by atoms with Gasteiger partial charge in [0, 0.05) is 50.1 Å². The Kier molecular flexibility index (Phi) is 8.90. The van der Waals surface area contributed by atoms with Gasteiger partial charge in [-0.15, -0.1) is 0 Å². The van der Waals surface area contributed by atoms with E-state index >= 15 is 0 Å². The monoisotopic (exact) mass is 878 g/mol. The number of ether oxygens (including phenoxy) is 1. The topological polar surface area (TPSA) is 15.7 Å². The van der Waals surface area contributed by atoms with Gasteiger partial charge in [0.2, 0.25) is 0 Å². The van der Waals surface area contributed by atoms with E-state index in [0.29, 0.717) is 0 Å². The van der Waals surface area contributed by atoms with Gasteiger partial charge in [-0.05, 0) is 109 Å². The van der Waals surface area contributed by atoms with Gasteiger partial charge in [-0.3, -0.25) is 0 Å². The zero-order valence-electron chi connectivity index (χ0n) is 37.6. The highest BCUT2D eigenvalue weighted by Crippen LogP contribution is 2.54. The van der Waals surface area contributed by atoms with E-state index in [1.54, 1.807) is 0 Å². The number of hydrogen-bond acceptors (Lipinski definition) is 3. The molecule has 0 aliphatic carbocycles. The Bertz CT molecular complexity index is 4180. The van der Waals surface area contributed by atoms with Gasteiger partial charge < -0.3 is 14.5 Å². The van der Waals surface area contributed by atoms with Crippen molar-refractivity contribution in [3.63, 3.8) is 0 Å². The molecular weight excluding hydrogens is 837 g/mol. The molecule has 322 valence electrons. The maximum Gasteiger partial charge on any atom is 0.138 e. The lowest BCUT2D eigenvalue weighted by Crippen LogP contribution is -2.13. The average molecular weight is 879 g/mol. The highest BCUT2D eigenvalue weighted by molar-refractivity contribution is 6.28. The molecule has 0 N–H and O–H groups in total. The van der Waals surface area contributed by atoms with E-state index in [-0.39, 0.29) is 0 Å². The van der Waals surface area contributed by atoms with Gasteiger partial charge in [-0.1, -0.05) is 194 Å². The third-order valence-electron chi connectivity index (χ3n) is 14.1. The minimum Gasteiger partial charge on any atom is -0.456 e. The number of fused-ring (bicyclic) bond motifs is 4. The Morgan fingerprint density at radius 1 is 0.246 bits per heavy atom. The maximum atomic E-state index is 7.23. The summed E-state index contributed by atoms with van der Waals surface area (Å²) in [6.45, 7) is 0. The summed E-state index contributed by atoms with van der Waals surface area (Å²) < 4.78 is 7.23. The summed E-state index contributed by atoms with van der Waals surface area (Å²) in [4.78, 5) is 4.86. The second kappa shape index (κ2) is 15.7. The first-order chi connectivity index (χ1) is 34.2. The third-order valence-corrected chi connectivity index (χ3v) is 14.1. The molecule has 1 aliphatic heterocycles. The molecular formula is C66H42N2O. The number of hydrogen-bond donors (Lipinski definition) is 0. The molecule has 13 aromatic carbocycles. The van der Waals surface area contributed by atoms with Crippen LogP contribution in [0.2, 0.25) is 0 Å². The fourth-order valence-electron chi connectivity index (χ4n) is 11.0. The second-order valence-electron chi connectivity index (χ2n) is 18.0. The van der Waals surface area contributed by atoms with Gasteiger partial charge in [0.05, 0.1) is 22.7 Å². The van der Waals surface area contributed by atoms with E-state index in [0.717, 1.165) is 94.8 Å². The summed E-state index contributed by atoms with van der Waals surface area (Å²) in [6, 6.07) is 92.5. The standard InChI is InChI=1S/C66H42N2O/c1-3-17-44(18-4-1)56-24-11-13-27-59(56)67(51-35-34-43-16-7-8-22-47(43)38-51)53-40-49-32-33-50-41-61(58-26-15-29-62-66(58)65(50)64(49)63(42-53)69-62)68(60-28-14-12-25-57(60)45-19-5-2-6-20-45)52-36-37-55-48(39-52)31-30-46-21-9-10-23-54(46)55/h1-42H. The van der Waals surface area contributed by atoms with E-state index in [4.69, 9.17) is 4.74 Å². The van der Waals surface area contributed by atoms with Crippen LogP contribution < -0.4 is 14.5 Å². The Labute approximate surface area is 399 Å². The quantitative estimate of drug-likeness (QED) is 0.141. The van der Waals surface area contributed by atoms with Gasteiger partial charge in [-0.2, -0.15) is 0 Å². The van der Waals surface area contributed by atoms with Crippen molar-refractivity contribution < 1.29 is 4.74 Å². The van der Waals surface area contributed by atoms with Crippen molar-refractivity contribution in [3.8, 4) is 33.8 Å². The molecule has 0 aromatic heterocycles. The van der Waals surface area contributed by atoms with Gasteiger partial charge in [0.1, 0.15) is 11.5 Å². The largest absolute Gasteiger partial charge is 0.456 e. The minimum absolute atomic E-state index is 0.844. The first-order valence-electron chi connectivity index (χ1n) is 23.7. The minimum atomic E-state index is 0.844. The molecule has 0 radical (unpaired) electrons. The van der Waals surface area contributed by atoms with Crippen LogP contribution >= 0.6 is 0 Å². The first-order valence-corrected chi connectivity index (χ1v) is 23.7. The predicted molar refractivity (Wildman–Crippen MR) is 292 cm³/mol. The van der Waals surface area contributed by atoms with E-state index in [2.05, 4.69) is 265 Å². The van der Waals surface area contributed by atoms with Crippen molar-refractivity contribution >= 4 is 98.8 Å². The molecule has 1 heterocycles. The lowest BCUT2D eigenvalue weighted by atomic mass is 9.91. The zero-order chi connectivity index (χ0) is 45.4. The molecule has 14 rings (SSSR count). The van der Waals surface area contributed by atoms with Crippen LogP contribution in [0.25, 0.3) is 86.9 Å². The molecule has 0 saturated carbocycles. The number of benzene rings is 13. The van der Waals surface area contributed by atoms with Crippen molar-refractivity contribution in [2.45, 2.75) is 0 Å². The molecule has 1 aliphatic rings. The molecule has 3 nitrogen and oxygen atoms in total. The summed E-state index contributed by atoms with van der Waals surface area (Å²) >= 11 is 0. The zero-order valence-corrected chi connectivity index (χ0v) is 37.6. The SMILES string of the molecule is c1ccc(-c2ccccc2N(c2ccc3ccccc3c2)c2cc3c4c(ccc5cc(N(c6ccc7c(ccc8ccccc87)c6)c6ccccc6-c6ccccc6)c6cccc(c6c54)O3)c2)cc1. The Balaban J connectivity index is 1.00. The molecule has 0 amide bonds. The Morgan fingerprint density at radius 3 is 1.54 bits per heavy atom. The first kappa shape index (κ1) is 39.0. The van der Waals surface area contributed by atoms with Crippen LogP contribution in [0.1, 0.15) is 0 Å². The molecule has 13 aromatic rings. The number of nitrogens with zero attached hydrogens (tertiary/aromatic N) is 2. The Hall–Kier alpha value is -9.18. The molecule has 0 fully saturated rings. The van der Waals surface area contributed by atoms with E-state index < -0.39 is 0 Å². The smallest absolute Gasteiger partial charge is 0.138 e. The van der Waals surface area contributed by atoms with Gasteiger partial charge in [0.25, 0.3) is 0 Å². The van der Waals surface area contributed by atoms with Crippen molar-refractivity contribution in [1.29, 1.82) is 0 Å². The Morgan fingerprint density at radius 2 is 0.768 bits per heavy atom. The molecule has 3 heteroatoms. The molecule has 0 bridgehead atoms. The summed E-state index contributed by atoms with van der Waals surface area (Å²) in [6.07, 6.45) is 0. The van der Waals surface area contributed by atoms with Crippen LogP contribution in [0.3, 0.4) is 0 Å². The van der Waals surface area contributed by atoms with Crippen molar-refractivity contribution in [2.75, 3.05) is 9.80 Å². The lowest BCUT2D eigenvalue weighted by Gasteiger charge is -2.32. The summed E-state index contributed by atoms with van der Waals surface area (Å²) in [5.74, 6) is 1.69. The van der Waals surface area contributed by atoms with Gasteiger partial charge in [-0.25, -0.2) is 0 Å². The van der Waals surface area contributed by atoms with E-state index in [1.165, 1.54) is 37.7 Å². The fourth-order valence-corrected chi connectivity index (χ4v) is 11.0. The number of rotatable bonds is 8. The van der Waals surface area contributed by atoms with Crippen molar-refractivity contribution in [3.05, 3.63) is 255 Å². The lowest BCUT2D eigenvalue weighted by molar-refractivity contribution is 0.493. The highest BCUT2D eigenvalue weighted by Gasteiger charge is 2.28. The summed E-state index contributed by atoms with van der Waals surface area (Å²) in [7, 11) is 0. The number of para-hydroxylation sites is 2. The maximum absolute atomic E-state index is 7.23. The second-order valence-corrected chi connectivity index (χ2v) is 18.0. The van der Waals surface area contributed by atoms with Crippen LogP contribution in [0.4, 0.5) is 34.1 Å². The number of anilines is 6. The van der Waals surface area contributed by atoms with Gasteiger partial charge in [0.15, 0.2) is 0 Å². The molecule has 0 saturated heterocycles. The van der Waals surface area contributed by atoms with Crippen molar-refractivity contribution in [2.24, 2.45) is 0 Å². The third kappa shape index (κ3) is 6.36. The van der Waals surface area contributed by atoms with Crippen molar-refractivity contribution in [1.82, 2.24) is 0 Å². The van der Waals surface area contributed by atoms with Crippen LogP contribution in [-0.4, -0.2) is 0 Å². The normalized spacial score (nSPS) is 11.9. The van der Waals surface area contributed by atoms with Gasteiger partial charge >= 0.3 is 0 Å². The van der Waals surface area contributed by atoms with Crippen LogP contribution in [0.5, 0.6) is 11.5 Å². The van der Waals surface area contributed by atoms with E-state index in [9.17, 15) is 0 Å².